The standard InChI is InChI=1S/C14H24N2O2.ClH/c17-14(15-9-11-5-3-7-18-11)13-8-10-4-1-2-6-12(10)16-13;/h10-13,16H,1-9H2,(H,15,17);1H. The van der Waals surface area contributed by atoms with Gasteiger partial charge in [-0.15, -0.1) is 12.4 Å². The molecular weight excluding hydrogens is 264 g/mol. The molecule has 1 aliphatic carbocycles. The monoisotopic (exact) mass is 288 g/mol. The molecule has 0 spiro atoms. The van der Waals surface area contributed by atoms with Crippen molar-refractivity contribution >= 4 is 18.3 Å². The Morgan fingerprint density at radius 1 is 1.21 bits per heavy atom. The Hall–Kier alpha value is -0.320. The van der Waals surface area contributed by atoms with Crippen LogP contribution in [0.15, 0.2) is 0 Å². The van der Waals surface area contributed by atoms with Crippen LogP contribution in [0.4, 0.5) is 0 Å². The lowest BCUT2D eigenvalue weighted by atomic mass is 9.85. The molecule has 1 amide bonds. The third-order valence-corrected chi connectivity index (χ3v) is 4.71. The maximum atomic E-state index is 12.1. The molecule has 3 aliphatic rings. The molecule has 2 N–H and O–H groups in total. The number of carbonyl (C=O) groups excluding carboxylic acids is 1. The van der Waals surface area contributed by atoms with Crippen LogP contribution in [0.2, 0.25) is 0 Å². The lowest BCUT2D eigenvalue weighted by Crippen LogP contribution is -2.45. The Kier molecular flexibility index (Phi) is 5.48. The first kappa shape index (κ1) is 15.1. The molecule has 0 aromatic heterocycles. The predicted octanol–water partition coefficient (Wildman–Crippen LogP) is 1.62. The molecule has 3 rings (SSSR count). The van der Waals surface area contributed by atoms with Crippen LogP contribution in [0.3, 0.4) is 0 Å². The van der Waals surface area contributed by atoms with E-state index < -0.39 is 0 Å². The molecule has 1 saturated carbocycles. The summed E-state index contributed by atoms with van der Waals surface area (Å²) in [6.07, 6.45) is 8.70. The number of hydrogen-bond acceptors (Lipinski definition) is 3. The Morgan fingerprint density at radius 3 is 2.79 bits per heavy atom. The zero-order chi connectivity index (χ0) is 12.4. The quantitative estimate of drug-likeness (QED) is 0.830. The van der Waals surface area contributed by atoms with E-state index in [1.807, 2.05) is 0 Å². The summed E-state index contributed by atoms with van der Waals surface area (Å²) in [6, 6.07) is 0.636. The fourth-order valence-corrected chi connectivity index (χ4v) is 3.66. The van der Waals surface area contributed by atoms with Crippen molar-refractivity contribution in [3.63, 3.8) is 0 Å². The van der Waals surface area contributed by atoms with Crippen molar-refractivity contribution in [3.05, 3.63) is 0 Å². The van der Waals surface area contributed by atoms with Crippen LogP contribution in [-0.2, 0) is 9.53 Å². The highest BCUT2D eigenvalue weighted by molar-refractivity contribution is 5.85. The summed E-state index contributed by atoms with van der Waals surface area (Å²) < 4.78 is 5.53. The van der Waals surface area contributed by atoms with Gasteiger partial charge in [-0.25, -0.2) is 0 Å². The second-order valence-corrected chi connectivity index (χ2v) is 5.99. The first-order valence-corrected chi connectivity index (χ1v) is 7.48. The molecule has 19 heavy (non-hydrogen) atoms. The summed E-state index contributed by atoms with van der Waals surface area (Å²) >= 11 is 0. The largest absolute Gasteiger partial charge is 0.376 e. The fraction of sp³-hybridized carbons (Fsp3) is 0.929. The van der Waals surface area contributed by atoms with Gasteiger partial charge in [0.05, 0.1) is 12.1 Å². The third kappa shape index (κ3) is 3.61. The minimum absolute atomic E-state index is 0. The summed E-state index contributed by atoms with van der Waals surface area (Å²) in [4.78, 5) is 12.1. The van der Waals surface area contributed by atoms with Gasteiger partial charge in [0.1, 0.15) is 0 Å². The van der Waals surface area contributed by atoms with Crippen LogP contribution in [0, 0.1) is 5.92 Å². The fourth-order valence-electron chi connectivity index (χ4n) is 3.66. The van der Waals surface area contributed by atoms with E-state index in [0.29, 0.717) is 12.6 Å². The number of nitrogens with one attached hydrogen (secondary N) is 2. The van der Waals surface area contributed by atoms with Gasteiger partial charge in [-0.2, -0.15) is 0 Å². The van der Waals surface area contributed by atoms with Gasteiger partial charge in [0, 0.05) is 19.2 Å². The summed E-state index contributed by atoms with van der Waals surface area (Å²) in [5.74, 6) is 0.914. The molecule has 4 atom stereocenters. The van der Waals surface area contributed by atoms with Crippen molar-refractivity contribution in [2.75, 3.05) is 13.2 Å². The zero-order valence-electron chi connectivity index (χ0n) is 11.4. The summed E-state index contributed by atoms with van der Waals surface area (Å²) in [7, 11) is 0. The number of ether oxygens (including phenoxy) is 1. The highest BCUT2D eigenvalue weighted by Gasteiger charge is 2.38. The van der Waals surface area contributed by atoms with Crippen molar-refractivity contribution in [1.82, 2.24) is 10.6 Å². The Balaban J connectivity index is 0.00000133. The van der Waals surface area contributed by atoms with E-state index in [2.05, 4.69) is 10.6 Å². The highest BCUT2D eigenvalue weighted by atomic mass is 35.5. The molecular formula is C14H25ClN2O2. The van der Waals surface area contributed by atoms with Crippen molar-refractivity contribution in [2.45, 2.75) is 63.1 Å². The third-order valence-electron chi connectivity index (χ3n) is 4.71. The van der Waals surface area contributed by atoms with Crippen LogP contribution in [0.5, 0.6) is 0 Å². The van der Waals surface area contributed by atoms with E-state index in [4.69, 9.17) is 4.74 Å². The summed E-state index contributed by atoms with van der Waals surface area (Å²) in [5.41, 5.74) is 0. The molecule has 4 nitrogen and oxygen atoms in total. The first-order valence-electron chi connectivity index (χ1n) is 7.48. The summed E-state index contributed by atoms with van der Waals surface area (Å²) in [5, 5.41) is 6.56. The van der Waals surface area contributed by atoms with Crippen molar-refractivity contribution in [1.29, 1.82) is 0 Å². The van der Waals surface area contributed by atoms with Crippen LogP contribution in [0.25, 0.3) is 0 Å². The number of rotatable bonds is 3. The molecule has 3 fully saturated rings. The van der Waals surface area contributed by atoms with Gasteiger partial charge in [-0.3, -0.25) is 4.79 Å². The maximum Gasteiger partial charge on any atom is 0.237 e. The van der Waals surface area contributed by atoms with Crippen molar-refractivity contribution in [3.8, 4) is 0 Å². The second kappa shape index (κ2) is 6.91. The zero-order valence-corrected chi connectivity index (χ0v) is 12.2. The van der Waals surface area contributed by atoms with Crippen LogP contribution < -0.4 is 10.6 Å². The van der Waals surface area contributed by atoms with E-state index >= 15 is 0 Å². The molecule has 0 aromatic carbocycles. The average Bonchev–Trinajstić information content (AvgIpc) is 3.04. The van der Waals surface area contributed by atoms with Gasteiger partial charge in [0.2, 0.25) is 5.91 Å². The second-order valence-electron chi connectivity index (χ2n) is 5.99. The molecule has 2 heterocycles. The first-order chi connectivity index (χ1) is 8.83. The van der Waals surface area contributed by atoms with Gasteiger partial charge in [0.15, 0.2) is 0 Å². The molecule has 0 radical (unpaired) electrons. The molecule has 5 heteroatoms. The number of carbonyl (C=O) groups is 1. The number of halogens is 1. The molecule has 2 saturated heterocycles. The minimum Gasteiger partial charge on any atom is -0.376 e. The van der Waals surface area contributed by atoms with Gasteiger partial charge >= 0.3 is 0 Å². The van der Waals surface area contributed by atoms with E-state index in [9.17, 15) is 4.79 Å². The van der Waals surface area contributed by atoms with Crippen molar-refractivity contribution < 1.29 is 9.53 Å². The summed E-state index contributed by atoms with van der Waals surface area (Å²) in [6.45, 7) is 1.54. The van der Waals surface area contributed by atoms with Crippen LogP contribution >= 0.6 is 12.4 Å². The molecule has 4 unspecified atom stereocenters. The van der Waals surface area contributed by atoms with E-state index in [0.717, 1.165) is 31.8 Å². The Morgan fingerprint density at radius 2 is 2.05 bits per heavy atom. The number of amides is 1. The Labute approximate surface area is 121 Å². The molecule has 0 bridgehead atoms. The lowest BCUT2D eigenvalue weighted by molar-refractivity contribution is -0.123. The molecule has 2 aliphatic heterocycles. The smallest absolute Gasteiger partial charge is 0.237 e. The lowest BCUT2D eigenvalue weighted by Gasteiger charge is -2.24. The van der Waals surface area contributed by atoms with Crippen molar-refractivity contribution in [2.24, 2.45) is 5.92 Å². The van der Waals surface area contributed by atoms with Gasteiger partial charge in [-0.1, -0.05) is 12.8 Å². The minimum atomic E-state index is 0. The SMILES string of the molecule is Cl.O=C(NCC1CCCO1)C1CC2CCCCC2N1. The number of fused-ring (bicyclic) bond motifs is 1. The van der Waals surface area contributed by atoms with Crippen LogP contribution in [0.1, 0.15) is 44.9 Å². The molecule has 0 aromatic rings. The normalized spacial score (nSPS) is 37.5. The molecule has 110 valence electrons. The highest BCUT2D eigenvalue weighted by Crippen LogP contribution is 2.33. The number of hydrogen-bond donors (Lipinski definition) is 2. The van der Waals surface area contributed by atoms with E-state index in [1.54, 1.807) is 0 Å². The predicted molar refractivity (Wildman–Crippen MR) is 76.5 cm³/mol. The Bertz CT molecular complexity index is 294. The topological polar surface area (TPSA) is 50.4 Å². The van der Waals surface area contributed by atoms with Gasteiger partial charge in [-0.05, 0) is 38.0 Å². The van der Waals surface area contributed by atoms with E-state index in [-0.39, 0.29) is 30.5 Å². The average molecular weight is 289 g/mol. The maximum absolute atomic E-state index is 12.1. The van der Waals surface area contributed by atoms with Gasteiger partial charge in [0.25, 0.3) is 0 Å². The van der Waals surface area contributed by atoms with Gasteiger partial charge < -0.3 is 15.4 Å². The van der Waals surface area contributed by atoms with E-state index in [1.165, 1.54) is 25.7 Å². The van der Waals surface area contributed by atoms with Crippen LogP contribution in [-0.4, -0.2) is 37.2 Å².